The number of aromatic nitrogens is 2. The number of hydrogen-bond acceptors (Lipinski definition) is 6. The zero-order valence-electron chi connectivity index (χ0n) is 12.3. The Hall–Kier alpha value is -0.980. The summed E-state index contributed by atoms with van der Waals surface area (Å²) in [5.41, 5.74) is 0. The fraction of sp³-hybridized carbons (Fsp3) is 0.857. The van der Waals surface area contributed by atoms with E-state index < -0.39 is 0 Å². The zero-order chi connectivity index (χ0) is 13.8. The minimum atomic E-state index is 0.765. The number of nitrogens with one attached hydrogen (secondary N) is 1. The lowest BCUT2D eigenvalue weighted by molar-refractivity contribution is 0.0647. The minimum Gasteiger partial charge on any atom is -0.338 e. The van der Waals surface area contributed by atoms with Crippen LogP contribution in [0.1, 0.15) is 31.5 Å². The molecule has 0 atom stereocenters. The van der Waals surface area contributed by atoms with Gasteiger partial charge in [-0.2, -0.15) is 4.98 Å². The third kappa shape index (κ3) is 3.37. The van der Waals surface area contributed by atoms with Gasteiger partial charge in [-0.05, 0) is 6.42 Å². The highest BCUT2D eigenvalue weighted by Gasteiger charge is 2.28. The molecule has 0 amide bonds. The van der Waals surface area contributed by atoms with Crippen molar-refractivity contribution in [1.29, 1.82) is 0 Å². The second-order valence-electron chi connectivity index (χ2n) is 5.83. The molecule has 0 saturated carbocycles. The Balaban J connectivity index is 1.43. The van der Waals surface area contributed by atoms with Crippen LogP contribution < -0.4 is 5.32 Å². The summed E-state index contributed by atoms with van der Waals surface area (Å²) < 4.78 is 5.34. The maximum atomic E-state index is 5.34. The Morgan fingerprint density at radius 1 is 1.25 bits per heavy atom. The van der Waals surface area contributed by atoms with Crippen LogP contribution in [0.15, 0.2) is 4.52 Å². The molecule has 0 spiro atoms. The van der Waals surface area contributed by atoms with Crippen LogP contribution in [0.4, 0.5) is 0 Å². The lowest BCUT2D eigenvalue weighted by Crippen LogP contribution is -2.61. The van der Waals surface area contributed by atoms with Gasteiger partial charge in [0.1, 0.15) is 0 Å². The van der Waals surface area contributed by atoms with Crippen molar-refractivity contribution in [1.82, 2.24) is 25.3 Å². The van der Waals surface area contributed by atoms with Gasteiger partial charge < -0.3 is 9.84 Å². The van der Waals surface area contributed by atoms with Crippen LogP contribution in [0, 0.1) is 0 Å². The Kier molecular flexibility index (Phi) is 4.65. The summed E-state index contributed by atoms with van der Waals surface area (Å²) in [4.78, 5) is 9.49. The van der Waals surface area contributed by atoms with Gasteiger partial charge in [0.2, 0.25) is 5.89 Å². The Bertz CT molecular complexity index is 409. The smallest absolute Gasteiger partial charge is 0.240 e. The minimum absolute atomic E-state index is 0.765. The van der Waals surface area contributed by atoms with E-state index in [2.05, 4.69) is 32.2 Å². The van der Waals surface area contributed by atoms with Crippen molar-refractivity contribution in [2.75, 3.05) is 39.3 Å². The average molecular weight is 279 g/mol. The first kappa shape index (κ1) is 14.0. The zero-order valence-corrected chi connectivity index (χ0v) is 12.3. The lowest BCUT2D eigenvalue weighted by Gasteiger charge is -2.43. The molecule has 3 rings (SSSR count). The molecule has 20 heavy (non-hydrogen) atoms. The van der Waals surface area contributed by atoms with E-state index in [0.717, 1.165) is 76.4 Å². The van der Waals surface area contributed by atoms with Crippen LogP contribution in [0.5, 0.6) is 0 Å². The van der Waals surface area contributed by atoms with E-state index in [-0.39, 0.29) is 0 Å². The number of unbranched alkanes of at least 4 members (excludes halogenated alkanes) is 1. The standard InChI is InChI=1S/C14H25N5O/c1-2-3-4-13-16-14(20-17-13)11-18-5-7-19(8-6-18)12-9-15-10-12/h12,15H,2-11H2,1H3. The molecule has 3 heterocycles. The molecule has 1 aromatic rings. The first-order chi connectivity index (χ1) is 9.85. The van der Waals surface area contributed by atoms with Crippen LogP contribution in [0.3, 0.4) is 0 Å². The molecule has 2 saturated heterocycles. The van der Waals surface area contributed by atoms with E-state index in [1.54, 1.807) is 0 Å². The van der Waals surface area contributed by atoms with Crippen molar-refractivity contribution in [3.05, 3.63) is 11.7 Å². The number of aryl methyl sites for hydroxylation is 1. The third-order valence-electron chi connectivity index (χ3n) is 4.31. The molecule has 2 fully saturated rings. The van der Waals surface area contributed by atoms with Crippen LogP contribution in [-0.4, -0.2) is 65.3 Å². The molecule has 2 aliphatic heterocycles. The molecule has 0 aromatic carbocycles. The fourth-order valence-corrected chi connectivity index (χ4v) is 2.80. The maximum Gasteiger partial charge on any atom is 0.240 e. The van der Waals surface area contributed by atoms with E-state index in [1.165, 1.54) is 6.42 Å². The number of nitrogens with zero attached hydrogens (tertiary/aromatic N) is 4. The van der Waals surface area contributed by atoms with Crippen molar-refractivity contribution in [2.45, 2.75) is 38.8 Å². The van der Waals surface area contributed by atoms with E-state index in [0.29, 0.717) is 0 Å². The summed E-state index contributed by atoms with van der Waals surface area (Å²) in [5, 5.41) is 7.39. The summed E-state index contributed by atoms with van der Waals surface area (Å²) >= 11 is 0. The van der Waals surface area contributed by atoms with E-state index in [1.807, 2.05) is 0 Å². The van der Waals surface area contributed by atoms with Crippen molar-refractivity contribution in [3.8, 4) is 0 Å². The molecule has 0 aliphatic carbocycles. The highest BCUT2D eigenvalue weighted by atomic mass is 16.5. The molecule has 112 valence electrons. The molecular formula is C14H25N5O. The van der Waals surface area contributed by atoms with Gasteiger partial charge in [-0.25, -0.2) is 0 Å². The van der Waals surface area contributed by atoms with Crippen molar-refractivity contribution in [2.24, 2.45) is 0 Å². The normalized spacial score (nSPS) is 22.1. The molecular weight excluding hydrogens is 254 g/mol. The summed E-state index contributed by atoms with van der Waals surface area (Å²) in [5.74, 6) is 1.64. The SMILES string of the molecule is CCCCc1noc(CN2CCN(C3CNC3)CC2)n1. The van der Waals surface area contributed by atoms with Gasteiger partial charge in [-0.3, -0.25) is 9.80 Å². The second-order valence-corrected chi connectivity index (χ2v) is 5.83. The summed E-state index contributed by atoms with van der Waals surface area (Å²) in [7, 11) is 0. The largest absolute Gasteiger partial charge is 0.338 e. The van der Waals surface area contributed by atoms with Crippen LogP contribution >= 0.6 is 0 Å². The van der Waals surface area contributed by atoms with Gasteiger partial charge in [0.05, 0.1) is 6.54 Å². The van der Waals surface area contributed by atoms with E-state index >= 15 is 0 Å². The van der Waals surface area contributed by atoms with Gasteiger partial charge in [0.25, 0.3) is 0 Å². The fourth-order valence-electron chi connectivity index (χ4n) is 2.80. The Labute approximate surface area is 120 Å². The molecule has 0 radical (unpaired) electrons. The van der Waals surface area contributed by atoms with Crippen molar-refractivity contribution in [3.63, 3.8) is 0 Å². The van der Waals surface area contributed by atoms with Crippen molar-refractivity contribution >= 4 is 0 Å². The first-order valence-electron chi connectivity index (χ1n) is 7.83. The molecule has 6 heteroatoms. The van der Waals surface area contributed by atoms with Crippen LogP contribution in [0.2, 0.25) is 0 Å². The lowest BCUT2D eigenvalue weighted by atomic mass is 10.1. The predicted octanol–water partition coefficient (Wildman–Crippen LogP) is 0.502. The Morgan fingerprint density at radius 3 is 2.70 bits per heavy atom. The molecule has 1 aromatic heterocycles. The molecule has 0 bridgehead atoms. The van der Waals surface area contributed by atoms with Gasteiger partial charge in [-0.1, -0.05) is 18.5 Å². The van der Waals surface area contributed by atoms with Gasteiger partial charge >= 0.3 is 0 Å². The maximum absolute atomic E-state index is 5.34. The van der Waals surface area contributed by atoms with E-state index in [9.17, 15) is 0 Å². The molecule has 2 aliphatic rings. The van der Waals surface area contributed by atoms with Crippen molar-refractivity contribution < 1.29 is 4.52 Å². The predicted molar refractivity (Wildman–Crippen MR) is 76.4 cm³/mol. The topological polar surface area (TPSA) is 57.4 Å². The van der Waals surface area contributed by atoms with Crippen LogP contribution in [0.25, 0.3) is 0 Å². The van der Waals surface area contributed by atoms with Gasteiger partial charge in [0.15, 0.2) is 5.82 Å². The van der Waals surface area contributed by atoms with Crippen LogP contribution in [-0.2, 0) is 13.0 Å². The summed E-state index contributed by atoms with van der Waals surface area (Å²) in [6.07, 6.45) is 3.23. The van der Waals surface area contributed by atoms with E-state index in [4.69, 9.17) is 4.52 Å². The average Bonchev–Trinajstić information content (AvgIpc) is 2.84. The molecule has 0 unspecified atom stereocenters. The van der Waals surface area contributed by atoms with Gasteiger partial charge in [-0.15, -0.1) is 0 Å². The third-order valence-corrected chi connectivity index (χ3v) is 4.31. The summed E-state index contributed by atoms with van der Waals surface area (Å²) in [6.45, 7) is 9.81. The number of hydrogen-bond donors (Lipinski definition) is 1. The highest BCUT2D eigenvalue weighted by Crippen LogP contribution is 2.12. The monoisotopic (exact) mass is 279 g/mol. The number of piperazine rings is 1. The molecule has 6 nitrogen and oxygen atoms in total. The summed E-state index contributed by atoms with van der Waals surface area (Å²) in [6, 6.07) is 0.765. The second kappa shape index (κ2) is 6.65. The number of rotatable bonds is 6. The molecule has 1 N–H and O–H groups in total. The first-order valence-corrected chi connectivity index (χ1v) is 7.83. The van der Waals surface area contributed by atoms with Gasteiger partial charge in [0, 0.05) is 51.7 Å². The Morgan fingerprint density at radius 2 is 2.05 bits per heavy atom. The quantitative estimate of drug-likeness (QED) is 0.818. The highest BCUT2D eigenvalue weighted by molar-refractivity contribution is 4.90.